The third kappa shape index (κ3) is 2.84. The second kappa shape index (κ2) is 6.49. The highest BCUT2D eigenvalue weighted by atomic mass is 79.9. The second-order valence-corrected chi connectivity index (χ2v) is 7.07. The van der Waals surface area contributed by atoms with Crippen molar-refractivity contribution in [3.63, 3.8) is 0 Å². The minimum Gasteiger partial charge on any atom is -0.342 e. The van der Waals surface area contributed by atoms with E-state index < -0.39 is 0 Å². The summed E-state index contributed by atoms with van der Waals surface area (Å²) in [5, 5.41) is 4.46. The Bertz CT molecular complexity index is 1020. The molecule has 0 aliphatic carbocycles. The Morgan fingerprint density at radius 3 is 2.65 bits per heavy atom. The lowest BCUT2D eigenvalue weighted by atomic mass is 10.0. The Labute approximate surface area is 159 Å². The molecule has 0 bridgehead atoms. The summed E-state index contributed by atoms with van der Waals surface area (Å²) in [5.74, 6) is 0.596. The summed E-state index contributed by atoms with van der Waals surface area (Å²) < 4.78 is 2.67. The van der Waals surface area contributed by atoms with Crippen LogP contribution in [0.4, 0.5) is 0 Å². The topological polar surface area (TPSA) is 63.4 Å². The van der Waals surface area contributed by atoms with E-state index in [9.17, 15) is 4.79 Å². The molecule has 4 rings (SSSR count). The van der Waals surface area contributed by atoms with Crippen molar-refractivity contribution in [1.29, 1.82) is 0 Å². The number of carbonyl (C=O) groups is 1. The van der Waals surface area contributed by atoms with Gasteiger partial charge in [0.25, 0.3) is 5.91 Å². The molecule has 0 saturated heterocycles. The largest absolute Gasteiger partial charge is 0.342 e. The Balaban J connectivity index is 1.91. The molecule has 130 valence electrons. The zero-order valence-corrected chi connectivity index (χ0v) is 15.9. The maximum Gasteiger partial charge on any atom is 0.293 e. The number of nitrogens with zero attached hydrogens (tertiary/aromatic N) is 5. The smallest absolute Gasteiger partial charge is 0.293 e. The molecule has 0 fully saturated rings. The summed E-state index contributed by atoms with van der Waals surface area (Å²) in [6.07, 6.45) is 0. The third-order valence-electron chi connectivity index (χ3n) is 4.14. The fraction of sp³-hybridized carbons (Fsp3) is 0.158. The van der Waals surface area contributed by atoms with Gasteiger partial charge in [-0.05, 0) is 18.2 Å². The van der Waals surface area contributed by atoms with Gasteiger partial charge < -0.3 is 4.90 Å². The van der Waals surface area contributed by atoms with Crippen LogP contribution in [0.5, 0.6) is 0 Å². The number of amides is 1. The van der Waals surface area contributed by atoms with E-state index in [4.69, 9.17) is 4.99 Å². The molecule has 0 unspecified atom stereocenters. The molecular formula is C19H16BrN5O. The average molecular weight is 410 g/mol. The van der Waals surface area contributed by atoms with Gasteiger partial charge in [-0.15, -0.1) is 5.10 Å². The van der Waals surface area contributed by atoms with Crippen LogP contribution in [0.1, 0.15) is 27.6 Å². The van der Waals surface area contributed by atoms with Crippen molar-refractivity contribution < 1.29 is 4.79 Å². The predicted octanol–water partition coefficient (Wildman–Crippen LogP) is 3.08. The summed E-state index contributed by atoms with van der Waals surface area (Å²) in [5.41, 5.74) is 3.71. The number of hydrogen-bond acceptors (Lipinski definition) is 4. The van der Waals surface area contributed by atoms with E-state index in [-0.39, 0.29) is 11.7 Å². The maximum atomic E-state index is 12.2. The molecular weight excluding hydrogens is 394 g/mol. The predicted molar refractivity (Wildman–Crippen MR) is 103 cm³/mol. The van der Waals surface area contributed by atoms with Crippen molar-refractivity contribution in [2.75, 3.05) is 14.1 Å². The van der Waals surface area contributed by atoms with Crippen molar-refractivity contribution in [3.05, 3.63) is 75.8 Å². The third-order valence-corrected chi connectivity index (χ3v) is 4.63. The van der Waals surface area contributed by atoms with Crippen LogP contribution in [-0.4, -0.2) is 45.4 Å². The van der Waals surface area contributed by atoms with Crippen molar-refractivity contribution in [2.24, 2.45) is 4.99 Å². The molecule has 2 heterocycles. The molecule has 0 N–H and O–H groups in total. The summed E-state index contributed by atoms with van der Waals surface area (Å²) in [6, 6.07) is 16.0. The van der Waals surface area contributed by atoms with Crippen LogP contribution in [0.2, 0.25) is 0 Å². The number of fused-ring (bicyclic) bond motifs is 3. The van der Waals surface area contributed by atoms with E-state index in [0.717, 1.165) is 27.0 Å². The highest BCUT2D eigenvalue weighted by molar-refractivity contribution is 9.10. The lowest BCUT2D eigenvalue weighted by molar-refractivity contribution is 0.0816. The molecule has 6 nitrogen and oxygen atoms in total. The molecule has 26 heavy (non-hydrogen) atoms. The number of halogens is 1. The van der Waals surface area contributed by atoms with Gasteiger partial charge in [0, 0.05) is 29.7 Å². The fourth-order valence-electron chi connectivity index (χ4n) is 2.89. The lowest BCUT2D eigenvalue weighted by Crippen LogP contribution is -2.23. The van der Waals surface area contributed by atoms with Gasteiger partial charge in [-0.25, -0.2) is 9.67 Å². The van der Waals surface area contributed by atoms with Crippen molar-refractivity contribution in [3.8, 4) is 5.69 Å². The van der Waals surface area contributed by atoms with Gasteiger partial charge in [-0.1, -0.05) is 46.3 Å². The molecule has 0 saturated carbocycles. The average Bonchev–Trinajstić information content (AvgIpc) is 3.00. The van der Waals surface area contributed by atoms with Gasteiger partial charge >= 0.3 is 0 Å². The number of aromatic nitrogens is 3. The second-order valence-electron chi connectivity index (χ2n) is 6.16. The summed E-state index contributed by atoms with van der Waals surface area (Å²) in [6.45, 7) is 0.351. The number of carbonyl (C=O) groups excluding carboxylic acids is 1. The van der Waals surface area contributed by atoms with E-state index in [1.165, 1.54) is 4.90 Å². The van der Waals surface area contributed by atoms with Gasteiger partial charge in [-0.2, -0.15) is 0 Å². The van der Waals surface area contributed by atoms with Crippen LogP contribution >= 0.6 is 15.9 Å². The van der Waals surface area contributed by atoms with Crippen LogP contribution in [0.15, 0.2) is 58.0 Å². The quantitative estimate of drug-likeness (QED) is 0.653. The summed E-state index contributed by atoms with van der Waals surface area (Å²) >= 11 is 3.54. The van der Waals surface area contributed by atoms with E-state index in [1.54, 1.807) is 18.8 Å². The highest BCUT2D eigenvalue weighted by Crippen LogP contribution is 2.27. The van der Waals surface area contributed by atoms with Crippen LogP contribution in [0, 0.1) is 0 Å². The Morgan fingerprint density at radius 2 is 1.92 bits per heavy atom. The van der Waals surface area contributed by atoms with Gasteiger partial charge in [0.15, 0.2) is 5.82 Å². The number of aliphatic imine (C=N–C) groups is 1. The van der Waals surface area contributed by atoms with Crippen LogP contribution in [-0.2, 0) is 6.54 Å². The van der Waals surface area contributed by atoms with Gasteiger partial charge in [-0.3, -0.25) is 9.79 Å². The standard InChI is InChI=1S/C19H16BrN5O/c1-24(2)19(26)18-22-16-11-21-17(12-6-4-3-5-7-12)14-10-13(20)8-9-15(14)25(16)23-18/h3-10H,11H2,1-2H3. The lowest BCUT2D eigenvalue weighted by Gasteiger charge is -2.11. The van der Waals surface area contributed by atoms with Gasteiger partial charge in [0.1, 0.15) is 0 Å². The molecule has 2 aromatic carbocycles. The summed E-state index contributed by atoms with van der Waals surface area (Å²) in [4.78, 5) is 22.9. The normalized spacial score (nSPS) is 12.7. The van der Waals surface area contributed by atoms with Crippen molar-refractivity contribution in [1.82, 2.24) is 19.7 Å². The van der Waals surface area contributed by atoms with E-state index >= 15 is 0 Å². The minimum atomic E-state index is -0.225. The SMILES string of the molecule is CN(C)C(=O)c1nc2n(n1)-c1ccc(Br)cc1C(c1ccccc1)=NC2. The zero-order chi connectivity index (χ0) is 18.3. The molecule has 1 aliphatic rings. The molecule has 0 atom stereocenters. The molecule has 3 aromatic rings. The van der Waals surface area contributed by atoms with Gasteiger partial charge in [0.2, 0.25) is 5.82 Å². The van der Waals surface area contributed by atoms with Crippen molar-refractivity contribution >= 4 is 27.5 Å². The zero-order valence-electron chi connectivity index (χ0n) is 14.3. The first-order chi connectivity index (χ1) is 12.5. The summed E-state index contributed by atoms with van der Waals surface area (Å²) in [7, 11) is 3.37. The Kier molecular flexibility index (Phi) is 4.16. The minimum absolute atomic E-state index is 0.178. The van der Waals surface area contributed by atoms with E-state index in [1.807, 2.05) is 48.5 Å². The highest BCUT2D eigenvalue weighted by Gasteiger charge is 2.24. The number of hydrogen-bond donors (Lipinski definition) is 0. The van der Waals surface area contributed by atoms with Crippen LogP contribution in [0.25, 0.3) is 5.69 Å². The van der Waals surface area contributed by atoms with Crippen molar-refractivity contribution in [2.45, 2.75) is 6.54 Å². The van der Waals surface area contributed by atoms with Crippen LogP contribution in [0.3, 0.4) is 0 Å². The maximum absolute atomic E-state index is 12.2. The van der Waals surface area contributed by atoms with Gasteiger partial charge in [0.05, 0.1) is 17.9 Å². The van der Waals surface area contributed by atoms with E-state index in [2.05, 4.69) is 26.0 Å². The first-order valence-corrected chi connectivity index (χ1v) is 8.91. The van der Waals surface area contributed by atoms with Crippen LogP contribution < -0.4 is 0 Å². The molecule has 0 radical (unpaired) electrons. The first-order valence-electron chi connectivity index (χ1n) is 8.12. The number of rotatable bonds is 2. The van der Waals surface area contributed by atoms with E-state index in [0.29, 0.717) is 12.4 Å². The number of benzene rings is 2. The monoisotopic (exact) mass is 409 g/mol. The Hall–Kier alpha value is -2.80. The fourth-order valence-corrected chi connectivity index (χ4v) is 3.25. The molecule has 7 heteroatoms. The Morgan fingerprint density at radius 1 is 1.15 bits per heavy atom. The molecule has 1 aliphatic heterocycles. The first kappa shape index (κ1) is 16.7. The molecule has 1 amide bonds. The molecule has 1 aromatic heterocycles. The molecule has 0 spiro atoms.